The number of nitrogens with zero attached hydrogens (tertiary/aromatic N) is 2. The number of ether oxygens (including phenoxy) is 1. The van der Waals surface area contributed by atoms with Crippen LogP contribution in [0.25, 0.3) is 0 Å². The first-order valence-electron chi connectivity index (χ1n) is 8.22. The van der Waals surface area contributed by atoms with Crippen LogP contribution >= 0.6 is 0 Å². The first kappa shape index (κ1) is 17.8. The Balaban J connectivity index is 1.79. The van der Waals surface area contributed by atoms with E-state index in [-0.39, 0.29) is 5.56 Å². The van der Waals surface area contributed by atoms with Crippen molar-refractivity contribution in [3.8, 4) is 0 Å². The molecular formula is C20H18F2N2O2. The molecule has 0 aliphatic heterocycles. The van der Waals surface area contributed by atoms with E-state index in [4.69, 9.17) is 4.74 Å². The molecule has 0 amide bonds. The number of rotatable bonds is 6. The lowest BCUT2D eigenvalue weighted by Gasteiger charge is -2.18. The van der Waals surface area contributed by atoms with Crippen LogP contribution in [0, 0.1) is 11.6 Å². The molecule has 6 heteroatoms. The Bertz CT molecular complexity index is 894. The van der Waals surface area contributed by atoms with Crippen molar-refractivity contribution in [2.24, 2.45) is 7.05 Å². The number of hydrogen-bond donors (Lipinski definition) is 0. The van der Waals surface area contributed by atoms with Crippen LogP contribution < -0.4 is 0 Å². The van der Waals surface area contributed by atoms with E-state index in [9.17, 15) is 13.6 Å². The van der Waals surface area contributed by atoms with Gasteiger partial charge < -0.3 is 9.30 Å². The molecule has 0 aliphatic rings. The molecule has 1 heterocycles. The van der Waals surface area contributed by atoms with E-state index in [0.29, 0.717) is 24.7 Å². The van der Waals surface area contributed by atoms with Crippen LogP contribution in [-0.2, 0) is 18.2 Å². The van der Waals surface area contributed by atoms with Crippen LogP contribution in [0.1, 0.15) is 34.3 Å². The number of benzene rings is 2. The topological polar surface area (TPSA) is 44.1 Å². The standard InChI is InChI=1S/C20H18F2N2O2/c1-24-12-11-23-19(24)18(10-7-14-5-3-2-4-6-14)26-20(25)16-9-8-15(21)13-17(16)22/h2-6,8-9,11-13,18H,7,10H2,1H3. The summed E-state index contributed by atoms with van der Waals surface area (Å²) in [6.45, 7) is 0. The van der Waals surface area contributed by atoms with Gasteiger partial charge in [0.1, 0.15) is 17.5 Å². The average molecular weight is 356 g/mol. The van der Waals surface area contributed by atoms with Crippen molar-refractivity contribution in [3.63, 3.8) is 0 Å². The molecule has 3 rings (SSSR count). The maximum atomic E-state index is 13.9. The van der Waals surface area contributed by atoms with Crippen LogP contribution in [0.5, 0.6) is 0 Å². The second-order valence-electron chi connectivity index (χ2n) is 5.94. The van der Waals surface area contributed by atoms with E-state index in [1.165, 1.54) is 0 Å². The first-order valence-corrected chi connectivity index (χ1v) is 8.22. The highest BCUT2D eigenvalue weighted by molar-refractivity contribution is 5.89. The van der Waals surface area contributed by atoms with Gasteiger partial charge in [-0.1, -0.05) is 30.3 Å². The molecule has 0 bridgehead atoms. The second kappa shape index (κ2) is 7.91. The van der Waals surface area contributed by atoms with E-state index in [0.717, 1.165) is 17.7 Å². The molecule has 1 aromatic heterocycles. The first-order chi connectivity index (χ1) is 12.5. The lowest BCUT2D eigenvalue weighted by molar-refractivity contribution is 0.0244. The fourth-order valence-electron chi connectivity index (χ4n) is 2.72. The van der Waals surface area contributed by atoms with Gasteiger partial charge in [-0.25, -0.2) is 18.6 Å². The van der Waals surface area contributed by atoms with Gasteiger partial charge in [-0.05, 0) is 30.5 Å². The summed E-state index contributed by atoms with van der Waals surface area (Å²) in [5.41, 5.74) is 0.793. The molecule has 0 aliphatic carbocycles. The predicted octanol–water partition coefficient (Wildman–Crippen LogP) is 4.23. The minimum absolute atomic E-state index is 0.301. The predicted molar refractivity (Wildman–Crippen MR) is 92.5 cm³/mol. The summed E-state index contributed by atoms with van der Waals surface area (Å²) >= 11 is 0. The fraction of sp³-hybridized carbons (Fsp3) is 0.200. The summed E-state index contributed by atoms with van der Waals surface area (Å²) in [6, 6.07) is 12.5. The van der Waals surface area contributed by atoms with Crippen molar-refractivity contribution in [1.29, 1.82) is 0 Å². The Morgan fingerprint density at radius 3 is 2.62 bits per heavy atom. The van der Waals surface area contributed by atoms with Crippen molar-refractivity contribution >= 4 is 5.97 Å². The minimum atomic E-state index is -0.948. The van der Waals surface area contributed by atoms with E-state index < -0.39 is 23.7 Å². The smallest absolute Gasteiger partial charge is 0.341 e. The summed E-state index contributed by atoms with van der Waals surface area (Å²) in [6.07, 6.45) is 3.86. The van der Waals surface area contributed by atoms with Gasteiger partial charge >= 0.3 is 5.97 Å². The quantitative estimate of drug-likeness (QED) is 0.621. The van der Waals surface area contributed by atoms with E-state index in [1.54, 1.807) is 24.0 Å². The van der Waals surface area contributed by atoms with Gasteiger partial charge in [0.2, 0.25) is 0 Å². The number of hydrogen-bond acceptors (Lipinski definition) is 3. The molecule has 3 aromatic rings. The molecule has 0 N–H and O–H groups in total. The number of halogens is 2. The van der Waals surface area contributed by atoms with Crippen molar-refractivity contribution in [2.45, 2.75) is 18.9 Å². The number of aromatic nitrogens is 2. The van der Waals surface area contributed by atoms with E-state index >= 15 is 0 Å². The third kappa shape index (κ3) is 4.14. The van der Waals surface area contributed by atoms with Crippen LogP contribution in [0.15, 0.2) is 60.9 Å². The summed E-state index contributed by atoms with van der Waals surface area (Å²) < 4.78 is 34.2. The Labute approximate surface area is 150 Å². The molecule has 134 valence electrons. The van der Waals surface area contributed by atoms with Crippen molar-refractivity contribution in [1.82, 2.24) is 9.55 Å². The van der Waals surface area contributed by atoms with Crippen LogP contribution in [0.3, 0.4) is 0 Å². The Hall–Kier alpha value is -3.02. The largest absolute Gasteiger partial charge is 0.451 e. The highest BCUT2D eigenvalue weighted by Crippen LogP contribution is 2.24. The maximum absolute atomic E-state index is 13.9. The Kier molecular flexibility index (Phi) is 5.41. The monoisotopic (exact) mass is 356 g/mol. The second-order valence-corrected chi connectivity index (χ2v) is 5.94. The molecule has 0 radical (unpaired) electrons. The molecule has 2 aromatic carbocycles. The summed E-state index contributed by atoms with van der Waals surface area (Å²) in [4.78, 5) is 16.6. The number of carbonyl (C=O) groups excluding carboxylic acids is 1. The highest BCUT2D eigenvalue weighted by Gasteiger charge is 2.23. The molecule has 0 fully saturated rings. The number of aryl methyl sites for hydroxylation is 2. The molecular weight excluding hydrogens is 338 g/mol. The van der Waals surface area contributed by atoms with Gasteiger partial charge in [0.15, 0.2) is 6.10 Å². The van der Waals surface area contributed by atoms with Gasteiger partial charge in [0, 0.05) is 25.5 Å². The Morgan fingerprint density at radius 1 is 1.19 bits per heavy atom. The summed E-state index contributed by atoms with van der Waals surface area (Å²) in [5, 5.41) is 0. The third-order valence-corrected chi connectivity index (χ3v) is 4.08. The van der Waals surface area contributed by atoms with Crippen LogP contribution in [0.2, 0.25) is 0 Å². The maximum Gasteiger partial charge on any atom is 0.341 e. The summed E-state index contributed by atoms with van der Waals surface area (Å²) in [7, 11) is 1.80. The molecule has 4 nitrogen and oxygen atoms in total. The molecule has 26 heavy (non-hydrogen) atoms. The van der Waals surface area contributed by atoms with Crippen molar-refractivity contribution in [2.75, 3.05) is 0 Å². The van der Waals surface area contributed by atoms with Gasteiger partial charge in [-0.2, -0.15) is 0 Å². The lowest BCUT2D eigenvalue weighted by atomic mass is 10.1. The zero-order valence-corrected chi connectivity index (χ0v) is 14.2. The average Bonchev–Trinajstić information content (AvgIpc) is 3.05. The van der Waals surface area contributed by atoms with E-state index in [2.05, 4.69) is 4.98 Å². The van der Waals surface area contributed by atoms with Crippen LogP contribution in [-0.4, -0.2) is 15.5 Å². The lowest BCUT2D eigenvalue weighted by Crippen LogP contribution is -2.17. The third-order valence-electron chi connectivity index (χ3n) is 4.08. The number of esters is 1. The molecule has 0 spiro atoms. The van der Waals surface area contributed by atoms with E-state index in [1.807, 2.05) is 30.3 Å². The molecule has 0 saturated heterocycles. The molecule has 0 saturated carbocycles. The van der Waals surface area contributed by atoms with Gasteiger partial charge in [0.05, 0.1) is 5.56 Å². The van der Waals surface area contributed by atoms with Gasteiger partial charge in [0.25, 0.3) is 0 Å². The molecule has 1 unspecified atom stereocenters. The van der Waals surface area contributed by atoms with Crippen LogP contribution in [0.4, 0.5) is 8.78 Å². The molecule has 1 atom stereocenters. The summed E-state index contributed by atoms with van der Waals surface area (Å²) in [5.74, 6) is -1.97. The normalized spacial score (nSPS) is 12.0. The SMILES string of the molecule is Cn1ccnc1C(CCc1ccccc1)OC(=O)c1ccc(F)cc1F. The number of carbonyl (C=O) groups is 1. The zero-order chi connectivity index (χ0) is 18.5. The minimum Gasteiger partial charge on any atom is -0.451 e. The van der Waals surface area contributed by atoms with Gasteiger partial charge in [-0.15, -0.1) is 0 Å². The fourth-order valence-corrected chi connectivity index (χ4v) is 2.72. The van der Waals surface area contributed by atoms with Crippen molar-refractivity contribution < 1.29 is 18.3 Å². The van der Waals surface area contributed by atoms with Gasteiger partial charge in [-0.3, -0.25) is 0 Å². The van der Waals surface area contributed by atoms with Crippen molar-refractivity contribution in [3.05, 3.63) is 89.5 Å². The Morgan fingerprint density at radius 2 is 1.96 bits per heavy atom. The zero-order valence-electron chi connectivity index (χ0n) is 14.2. The number of imidazole rings is 1. The highest BCUT2D eigenvalue weighted by atomic mass is 19.1.